The molecule has 2 rings (SSSR count). The monoisotopic (exact) mass is 671 g/mol. The maximum atomic E-state index is 13.4. The minimum Gasteiger partial charge on any atom is -0.465 e. The summed E-state index contributed by atoms with van der Waals surface area (Å²) in [5, 5.41) is 0. The fraction of sp³-hybridized carbons (Fsp3) is 0.860. The number of likely N-dealkylation sites (tertiary alicyclic amines) is 2. The first-order valence-electron chi connectivity index (χ1n) is 21.0. The van der Waals surface area contributed by atoms with Crippen LogP contribution in [0.5, 0.6) is 0 Å². The summed E-state index contributed by atoms with van der Waals surface area (Å²) in [7, 11) is 2.16. The zero-order valence-corrected chi connectivity index (χ0v) is 32.1. The highest BCUT2D eigenvalue weighted by Gasteiger charge is 2.43. The number of allylic oxidation sites excluding steroid dienone is 4. The molecule has 2 heterocycles. The van der Waals surface area contributed by atoms with Crippen LogP contribution < -0.4 is 0 Å². The van der Waals surface area contributed by atoms with E-state index in [0.29, 0.717) is 18.9 Å². The van der Waals surface area contributed by atoms with E-state index in [9.17, 15) is 9.59 Å². The van der Waals surface area contributed by atoms with Crippen LogP contribution in [0.25, 0.3) is 0 Å². The Labute approximate surface area is 298 Å². The lowest BCUT2D eigenvalue weighted by molar-refractivity contribution is -0.151. The number of unbranched alkanes of at least 4 members (excludes halogenated alkanes) is 19. The van der Waals surface area contributed by atoms with Gasteiger partial charge < -0.3 is 14.5 Å². The quantitative estimate of drug-likeness (QED) is 0.0433. The zero-order valence-electron chi connectivity index (χ0n) is 32.1. The van der Waals surface area contributed by atoms with Gasteiger partial charge >= 0.3 is 5.97 Å². The molecular formula is C43H78N2O3. The lowest BCUT2D eigenvalue weighted by Crippen LogP contribution is -2.39. The molecule has 2 saturated heterocycles. The Bertz CT molecular complexity index is 847. The minimum absolute atomic E-state index is 0.0245. The lowest BCUT2D eigenvalue weighted by atomic mass is 9.94. The van der Waals surface area contributed by atoms with Gasteiger partial charge in [-0.15, -0.1) is 0 Å². The fourth-order valence-corrected chi connectivity index (χ4v) is 7.56. The SMILES string of the molecule is CCCCC/C=C\C/C=C\CCCCCCCC[C@@H]1[C@@H](C(=O)OCC2CCN(C)CC2)CC(=O)N1CCCCCCCCCCCCC. The molecule has 0 aromatic rings. The standard InChI is InChI=1S/C43H78N2O3/c1-4-6-8-10-12-14-16-17-18-19-20-21-23-25-27-29-31-41-40(43(47)48-38-39-32-35-44(3)36-33-39)37-42(46)45(41)34-30-28-26-24-22-15-13-11-9-7-5-2/h12,14,17-18,39-41H,4-11,13,15-16,19-38H2,1-3H3/b14-12-,18-17-/t40-,41+/m0/s1. The Balaban J connectivity index is 1.69. The van der Waals surface area contributed by atoms with E-state index in [1.54, 1.807) is 0 Å². The molecule has 0 aromatic carbocycles. The highest BCUT2D eigenvalue weighted by molar-refractivity contribution is 5.87. The molecule has 0 N–H and O–H groups in total. The van der Waals surface area contributed by atoms with E-state index in [0.717, 1.165) is 58.2 Å². The van der Waals surface area contributed by atoms with Crippen molar-refractivity contribution in [3.05, 3.63) is 24.3 Å². The van der Waals surface area contributed by atoms with Crippen LogP contribution in [0.3, 0.4) is 0 Å². The van der Waals surface area contributed by atoms with Crippen molar-refractivity contribution in [1.82, 2.24) is 9.80 Å². The van der Waals surface area contributed by atoms with Crippen LogP contribution in [-0.2, 0) is 14.3 Å². The van der Waals surface area contributed by atoms with Crippen LogP contribution in [0, 0.1) is 11.8 Å². The van der Waals surface area contributed by atoms with Crippen molar-refractivity contribution in [1.29, 1.82) is 0 Å². The third kappa shape index (κ3) is 20.1. The Kier molecular flexibility index (Phi) is 25.8. The number of rotatable bonds is 30. The Hall–Kier alpha value is -1.62. The summed E-state index contributed by atoms with van der Waals surface area (Å²) in [4.78, 5) is 31.0. The number of piperidine rings is 1. The molecule has 0 spiro atoms. The highest BCUT2D eigenvalue weighted by Crippen LogP contribution is 2.32. The molecule has 0 radical (unpaired) electrons. The van der Waals surface area contributed by atoms with Crippen molar-refractivity contribution >= 4 is 11.9 Å². The van der Waals surface area contributed by atoms with Crippen molar-refractivity contribution in [2.24, 2.45) is 11.8 Å². The van der Waals surface area contributed by atoms with Gasteiger partial charge in [-0.05, 0) is 83.8 Å². The van der Waals surface area contributed by atoms with E-state index in [-0.39, 0.29) is 23.8 Å². The summed E-state index contributed by atoms with van der Waals surface area (Å²) in [5.41, 5.74) is 0. The summed E-state index contributed by atoms with van der Waals surface area (Å²) < 4.78 is 5.93. The number of hydrogen-bond donors (Lipinski definition) is 0. The average Bonchev–Trinajstić information content (AvgIpc) is 3.41. The fourth-order valence-electron chi connectivity index (χ4n) is 7.56. The van der Waals surface area contributed by atoms with Crippen LogP contribution in [-0.4, -0.2) is 61.0 Å². The van der Waals surface area contributed by atoms with Crippen molar-refractivity contribution in [2.75, 3.05) is 33.3 Å². The van der Waals surface area contributed by atoms with E-state index >= 15 is 0 Å². The lowest BCUT2D eigenvalue weighted by Gasteiger charge is -2.30. The molecule has 2 aliphatic heterocycles. The van der Waals surface area contributed by atoms with Gasteiger partial charge in [-0.1, -0.05) is 147 Å². The molecule has 0 aliphatic carbocycles. The number of hydrogen-bond acceptors (Lipinski definition) is 4. The van der Waals surface area contributed by atoms with Crippen molar-refractivity contribution in [2.45, 2.75) is 193 Å². The molecule has 5 heteroatoms. The van der Waals surface area contributed by atoms with Crippen LogP contribution >= 0.6 is 0 Å². The average molecular weight is 671 g/mol. The second-order valence-corrected chi connectivity index (χ2v) is 15.3. The molecule has 278 valence electrons. The van der Waals surface area contributed by atoms with Gasteiger partial charge in [0.2, 0.25) is 5.91 Å². The van der Waals surface area contributed by atoms with Crippen LogP contribution in [0.2, 0.25) is 0 Å². The predicted octanol–water partition coefficient (Wildman–Crippen LogP) is 11.6. The summed E-state index contributed by atoms with van der Waals surface area (Å²) in [6.45, 7) is 8.02. The number of esters is 1. The third-order valence-electron chi connectivity index (χ3n) is 10.9. The number of carbonyl (C=O) groups is 2. The van der Waals surface area contributed by atoms with Gasteiger partial charge in [-0.3, -0.25) is 9.59 Å². The molecular weight excluding hydrogens is 592 g/mol. The zero-order chi connectivity index (χ0) is 34.5. The van der Waals surface area contributed by atoms with Gasteiger partial charge in [0.15, 0.2) is 0 Å². The van der Waals surface area contributed by atoms with Gasteiger partial charge in [-0.25, -0.2) is 0 Å². The largest absolute Gasteiger partial charge is 0.465 e. The van der Waals surface area contributed by atoms with Gasteiger partial charge in [0.05, 0.1) is 12.5 Å². The molecule has 0 unspecified atom stereocenters. The van der Waals surface area contributed by atoms with Gasteiger partial charge in [0.25, 0.3) is 0 Å². The van der Waals surface area contributed by atoms with E-state index in [1.807, 2.05) is 0 Å². The number of nitrogens with zero attached hydrogens (tertiary/aromatic N) is 2. The Morgan fingerprint density at radius 3 is 1.79 bits per heavy atom. The Morgan fingerprint density at radius 1 is 0.688 bits per heavy atom. The summed E-state index contributed by atoms with van der Waals surface area (Å²) in [6, 6.07) is 0.0245. The number of carbonyl (C=O) groups excluding carboxylic acids is 2. The Morgan fingerprint density at radius 2 is 1.19 bits per heavy atom. The highest BCUT2D eigenvalue weighted by atomic mass is 16.5. The summed E-state index contributed by atoms with van der Waals surface area (Å²) in [6.07, 6.45) is 41.9. The van der Waals surface area contributed by atoms with Crippen molar-refractivity contribution in [3.8, 4) is 0 Å². The first-order chi connectivity index (χ1) is 23.6. The smallest absolute Gasteiger partial charge is 0.311 e. The number of ether oxygens (including phenoxy) is 1. The molecule has 2 fully saturated rings. The van der Waals surface area contributed by atoms with Crippen LogP contribution in [0.1, 0.15) is 187 Å². The molecule has 2 aliphatic rings. The van der Waals surface area contributed by atoms with E-state index in [2.05, 4.69) is 55.0 Å². The maximum absolute atomic E-state index is 13.4. The van der Waals surface area contributed by atoms with Crippen molar-refractivity contribution in [3.63, 3.8) is 0 Å². The first kappa shape index (κ1) is 42.5. The molecule has 0 saturated carbocycles. The van der Waals surface area contributed by atoms with Gasteiger partial charge in [-0.2, -0.15) is 0 Å². The third-order valence-corrected chi connectivity index (χ3v) is 10.9. The van der Waals surface area contributed by atoms with Gasteiger partial charge in [0, 0.05) is 19.0 Å². The molecule has 1 amide bonds. The first-order valence-corrected chi connectivity index (χ1v) is 21.0. The molecule has 5 nitrogen and oxygen atoms in total. The van der Waals surface area contributed by atoms with E-state index in [4.69, 9.17) is 4.74 Å². The normalized spacial score (nSPS) is 19.4. The number of amides is 1. The van der Waals surface area contributed by atoms with Crippen molar-refractivity contribution < 1.29 is 14.3 Å². The second-order valence-electron chi connectivity index (χ2n) is 15.3. The molecule has 48 heavy (non-hydrogen) atoms. The van der Waals surface area contributed by atoms with E-state index in [1.165, 1.54) is 128 Å². The molecule has 2 atom stereocenters. The second kappa shape index (κ2) is 29.1. The minimum atomic E-state index is -0.283. The van der Waals surface area contributed by atoms with Gasteiger partial charge in [0.1, 0.15) is 0 Å². The predicted molar refractivity (Wildman–Crippen MR) is 205 cm³/mol. The summed E-state index contributed by atoms with van der Waals surface area (Å²) in [5.74, 6) is 0.234. The van der Waals surface area contributed by atoms with E-state index < -0.39 is 0 Å². The molecule has 0 bridgehead atoms. The topological polar surface area (TPSA) is 49.9 Å². The summed E-state index contributed by atoms with van der Waals surface area (Å²) >= 11 is 0. The van der Waals surface area contributed by atoms with Crippen LogP contribution in [0.15, 0.2) is 24.3 Å². The van der Waals surface area contributed by atoms with Crippen LogP contribution in [0.4, 0.5) is 0 Å². The maximum Gasteiger partial charge on any atom is 0.311 e. The molecule has 0 aromatic heterocycles.